The molecule has 1 saturated carbocycles. The van der Waals surface area contributed by atoms with E-state index in [0.717, 1.165) is 17.9 Å². The third kappa shape index (κ3) is 4.83. The first-order valence-corrected chi connectivity index (χ1v) is 7.59. The normalized spacial score (nSPS) is 24.9. The highest BCUT2D eigenvalue weighted by molar-refractivity contribution is 5.88. The van der Waals surface area contributed by atoms with Gasteiger partial charge in [-0.2, -0.15) is 0 Å². The molecule has 0 aromatic rings. The van der Waals surface area contributed by atoms with Crippen LogP contribution in [0.4, 0.5) is 0 Å². The van der Waals surface area contributed by atoms with Gasteiger partial charge in [-0.3, -0.25) is 0 Å². The van der Waals surface area contributed by atoms with Crippen LogP contribution in [-0.2, 0) is 9.53 Å². The van der Waals surface area contributed by atoms with E-state index in [2.05, 4.69) is 13.0 Å². The molecule has 1 aliphatic rings. The first-order valence-electron chi connectivity index (χ1n) is 7.59. The molecule has 0 aromatic carbocycles. The molecule has 0 radical (unpaired) electrons. The SMILES string of the molecule is CCCC1CCC(/C=C(/CC)C(=O)OCC)CC1. The molecule has 0 N–H and O–H groups in total. The van der Waals surface area contributed by atoms with Crippen LogP contribution in [0.5, 0.6) is 0 Å². The van der Waals surface area contributed by atoms with Gasteiger partial charge in [-0.1, -0.05) is 32.8 Å². The Bertz CT molecular complexity index is 273. The number of hydrogen-bond acceptors (Lipinski definition) is 2. The summed E-state index contributed by atoms with van der Waals surface area (Å²) in [5.41, 5.74) is 0.871. The van der Waals surface area contributed by atoms with Crippen molar-refractivity contribution >= 4 is 5.97 Å². The second kappa shape index (κ2) is 8.34. The summed E-state index contributed by atoms with van der Waals surface area (Å²) in [6.07, 6.45) is 10.8. The van der Waals surface area contributed by atoms with Crippen molar-refractivity contribution in [1.82, 2.24) is 0 Å². The molecule has 0 amide bonds. The van der Waals surface area contributed by atoms with Crippen LogP contribution in [0.15, 0.2) is 11.6 Å². The Morgan fingerprint density at radius 1 is 1.17 bits per heavy atom. The Kier molecular flexibility index (Phi) is 7.07. The van der Waals surface area contributed by atoms with E-state index in [1.165, 1.54) is 38.5 Å². The molecular formula is C16H28O2. The summed E-state index contributed by atoms with van der Waals surface area (Å²) >= 11 is 0. The van der Waals surface area contributed by atoms with Crippen molar-refractivity contribution in [1.29, 1.82) is 0 Å². The van der Waals surface area contributed by atoms with Gasteiger partial charge in [0.1, 0.15) is 0 Å². The van der Waals surface area contributed by atoms with E-state index in [1.54, 1.807) is 0 Å². The van der Waals surface area contributed by atoms with Crippen LogP contribution in [0.25, 0.3) is 0 Å². The maximum atomic E-state index is 11.7. The molecule has 0 aliphatic heterocycles. The van der Waals surface area contributed by atoms with Gasteiger partial charge in [-0.15, -0.1) is 0 Å². The Hall–Kier alpha value is -0.790. The molecule has 2 nitrogen and oxygen atoms in total. The highest BCUT2D eigenvalue weighted by Crippen LogP contribution is 2.33. The van der Waals surface area contributed by atoms with Gasteiger partial charge in [0.05, 0.1) is 6.61 Å². The van der Waals surface area contributed by atoms with Crippen molar-refractivity contribution in [2.24, 2.45) is 11.8 Å². The lowest BCUT2D eigenvalue weighted by Gasteiger charge is -2.26. The zero-order chi connectivity index (χ0) is 13.4. The smallest absolute Gasteiger partial charge is 0.333 e. The van der Waals surface area contributed by atoms with E-state index < -0.39 is 0 Å². The fraction of sp³-hybridized carbons (Fsp3) is 0.812. The molecule has 0 atom stereocenters. The van der Waals surface area contributed by atoms with Crippen LogP contribution < -0.4 is 0 Å². The highest BCUT2D eigenvalue weighted by atomic mass is 16.5. The van der Waals surface area contributed by atoms with Crippen LogP contribution in [0, 0.1) is 11.8 Å². The zero-order valence-electron chi connectivity index (χ0n) is 12.2. The lowest BCUT2D eigenvalue weighted by Crippen LogP contribution is -2.15. The summed E-state index contributed by atoms with van der Waals surface area (Å²) in [6.45, 7) is 6.63. The average Bonchev–Trinajstić information content (AvgIpc) is 2.38. The molecule has 0 unspecified atom stereocenters. The standard InChI is InChI=1S/C16H28O2/c1-4-7-13-8-10-14(11-9-13)12-15(5-2)16(17)18-6-3/h12-14H,4-11H2,1-3H3/b15-12-. The molecule has 1 fully saturated rings. The predicted octanol–water partition coefficient (Wildman–Crippen LogP) is 4.49. The molecule has 0 spiro atoms. The first-order chi connectivity index (χ1) is 8.71. The maximum Gasteiger partial charge on any atom is 0.333 e. The van der Waals surface area contributed by atoms with Crippen LogP contribution in [0.2, 0.25) is 0 Å². The number of hydrogen-bond donors (Lipinski definition) is 0. The number of allylic oxidation sites excluding steroid dienone is 1. The van der Waals surface area contributed by atoms with E-state index in [4.69, 9.17) is 4.74 Å². The zero-order valence-corrected chi connectivity index (χ0v) is 12.2. The van der Waals surface area contributed by atoms with Gasteiger partial charge in [0.2, 0.25) is 0 Å². The molecule has 0 saturated heterocycles. The van der Waals surface area contributed by atoms with Crippen LogP contribution in [0.3, 0.4) is 0 Å². The largest absolute Gasteiger partial charge is 0.463 e. The van der Waals surface area contributed by atoms with Gasteiger partial charge in [-0.25, -0.2) is 4.79 Å². The molecule has 1 rings (SSSR count). The van der Waals surface area contributed by atoms with E-state index in [-0.39, 0.29) is 5.97 Å². The maximum absolute atomic E-state index is 11.7. The van der Waals surface area contributed by atoms with Gasteiger partial charge in [0.15, 0.2) is 0 Å². The summed E-state index contributed by atoms with van der Waals surface area (Å²) in [4.78, 5) is 11.7. The Morgan fingerprint density at radius 2 is 1.83 bits per heavy atom. The van der Waals surface area contributed by atoms with Crippen LogP contribution in [-0.4, -0.2) is 12.6 Å². The molecule has 0 aromatic heterocycles. The molecule has 0 bridgehead atoms. The van der Waals surface area contributed by atoms with Gasteiger partial charge < -0.3 is 4.74 Å². The van der Waals surface area contributed by atoms with Gasteiger partial charge in [0.25, 0.3) is 0 Å². The second-order valence-corrected chi connectivity index (χ2v) is 5.34. The number of carbonyl (C=O) groups is 1. The quantitative estimate of drug-likeness (QED) is 0.514. The van der Waals surface area contributed by atoms with E-state index in [0.29, 0.717) is 12.5 Å². The third-order valence-corrected chi connectivity index (χ3v) is 3.94. The Balaban J connectivity index is 2.47. The van der Waals surface area contributed by atoms with Crippen LogP contribution >= 0.6 is 0 Å². The topological polar surface area (TPSA) is 26.3 Å². The molecule has 18 heavy (non-hydrogen) atoms. The summed E-state index contributed by atoms with van der Waals surface area (Å²) in [5.74, 6) is 1.40. The van der Waals surface area contributed by atoms with Crippen LogP contribution in [0.1, 0.15) is 65.7 Å². The monoisotopic (exact) mass is 252 g/mol. The van der Waals surface area contributed by atoms with E-state index in [1.807, 2.05) is 13.8 Å². The molecule has 1 aliphatic carbocycles. The second-order valence-electron chi connectivity index (χ2n) is 5.34. The molecule has 104 valence electrons. The summed E-state index contributed by atoms with van der Waals surface area (Å²) in [5, 5.41) is 0. The third-order valence-electron chi connectivity index (χ3n) is 3.94. The fourth-order valence-corrected chi connectivity index (χ4v) is 2.89. The molecule has 2 heteroatoms. The van der Waals surface area contributed by atoms with Crippen molar-refractivity contribution in [2.75, 3.05) is 6.61 Å². The minimum absolute atomic E-state index is 0.115. The van der Waals surface area contributed by atoms with Crippen molar-refractivity contribution < 1.29 is 9.53 Å². The van der Waals surface area contributed by atoms with Gasteiger partial charge in [-0.05, 0) is 50.9 Å². The number of carbonyl (C=O) groups excluding carboxylic acids is 1. The summed E-state index contributed by atoms with van der Waals surface area (Å²) in [6, 6.07) is 0. The first kappa shape index (κ1) is 15.3. The number of ether oxygens (including phenoxy) is 1. The van der Waals surface area contributed by atoms with Gasteiger partial charge >= 0.3 is 5.97 Å². The van der Waals surface area contributed by atoms with Crippen molar-refractivity contribution in [3.63, 3.8) is 0 Å². The number of rotatable bonds is 6. The number of esters is 1. The van der Waals surface area contributed by atoms with Crippen molar-refractivity contribution in [2.45, 2.75) is 65.7 Å². The Morgan fingerprint density at radius 3 is 2.33 bits per heavy atom. The molecular weight excluding hydrogens is 224 g/mol. The minimum atomic E-state index is -0.115. The minimum Gasteiger partial charge on any atom is -0.463 e. The fourth-order valence-electron chi connectivity index (χ4n) is 2.89. The molecule has 0 heterocycles. The highest BCUT2D eigenvalue weighted by Gasteiger charge is 2.20. The van der Waals surface area contributed by atoms with E-state index >= 15 is 0 Å². The average molecular weight is 252 g/mol. The Labute approximate surface area is 112 Å². The van der Waals surface area contributed by atoms with Crippen molar-refractivity contribution in [3.8, 4) is 0 Å². The lowest BCUT2D eigenvalue weighted by atomic mass is 9.79. The van der Waals surface area contributed by atoms with Gasteiger partial charge in [0, 0.05) is 5.57 Å². The lowest BCUT2D eigenvalue weighted by molar-refractivity contribution is -0.138. The van der Waals surface area contributed by atoms with Crippen molar-refractivity contribution in [3.05, 3.63) is 11.6 Å². The summed E-state index contributed by atoms with van der Waals surface area (Å²) in [7, 11) is 0. The van der Waals surface area contributed by atoms with E-state index in [9.17, 15) is 4.79 Å². The predicted molar refractivity (Wildman–Crippen MR) is 75.4 cm³/mol. The summed E-state index contributed by atoms with van der Waals surface area (Å²) < 4.78 is 5.09.